The van der Waals surface area contributed by atoms with Crippen molar-refractivity contribution in [1.29, 1.82) is 0 Å². The molecule has 22 heavy (non-hydrogen) atoms. The van der Waals surface area contributed by atoms with Crippen LogP contribution in [0, 0.1) is 0 Å². The van der Waals surface area contributed by atoms with Gasteiger partial charge in [-0.15, -0.1) is 11.3 Å². The molecule has 0 saturated carbocycles. The Hall–Kier alpha value is -0.950. The SMILES string of the molecule is OCCC(O)CC(CCc1ccc(Br)cc1)Nc1nccs1. The lowest BCUT2D eigenvalue weighted by Gasteiger charge is -2.21. The van der Waals surface area contributed by atoms with Crippen LogP contribution in [0.15, 0.2) is 40.3 Å². The Labute approximate surface area is 143 Å². The van der Waals surface area contributed by atoms with Gasteiger partial charge in [-0.25, -0.2) is 4.98 Å². The van der Waals surface area contributed by atoms with Gasteiger partial charge in [0.25, 0.3) is 0 Å². The molecule has 6 heteroatoms. The van der Waals surface area contributed by atoms with E-state index in [-0.39, 0.29) is 12.6 Å². The molecule has 0 spiro atoms. The van der Waals surface area contributed by atoms with E-state index in [0.717, 1.165) is 22.4 Å². The van der Waals surface area contributed by atoms with Crippen molar-refractivity contribution in [2.75, 3.05) is 11.9 Å². The van der Waals surface area contributed by atoms with Gasteiger partial charge in [0, 0.05) is 28.7 Å². The summed E-state index contributed by atoms with van der Waals surface area (Å²) in [6.45, 7) is 0.0118. The van der Waals surface area contributed by atoms with Crippen LogP contribution in [0.1, 0.15) is 24.8 Å². The first kappa shape index (κ1) is 17.4. The van der Waals surface area contributed by atoms with E-state index in [2.05, 4.69) is 38.4 Å². The smallest absolute Gasteiger partial charge is 0.182 e. The van der Waals surface area contributed by atoms with Gasteiger partial charge < -0.3 is 15.5 Å². The molecule has 1 heterocycles. The number of anilines is 1. The number of halogens is 1. The molecule has 1 aromatic carbocycles. The van der Waals surface area contributed by atoms with Gasteiger partial charge in [0.05, 0.1) is 6.10 Å². The minimum Gasteiger partial charge on any atom is -0.396 e. The van der Waals surface area contributed by atoms with Crippen molar-refractivity contribution >= 4 is 32.4 Å². The van der Waals surface area contributed by atoms with Gasteiger partial charge in [-0.1, -0.05) is 28.1 Å². The summed E-state index contributed by atoms with van der Waals surface area (Å²) in [5.74, 6) is 0. The van der Waals surface area contributed by atoms with E-state index < -0.39 is 6.10 Å². The van der Waals surface area contributed by atoms with Gasteiger partial charge in [-0.05, 0) is 43.4 Å². The van der Waals surface area contributed by atoms with E-state index in [1.54, 1.807) is 17.5 Å². The van der Waals surface area contributed by atoms with Crippen LogP contribution >= 0.6 is 27.3 Å². The molecule has 1 aromatic heterocycles. The maximum Gasteiger partial charge on any atom is 0.182 e. The van der Waals surface area contributed by atoms with Crippen molar-refractivity contribution in [3.05, 3.63) is 45.9 Å². The first-order chi connectivity index (χ1) is 10.7. The molecule has 0 saturated heterocycles. The summed E-state index contributed by atoms with van der Waals surface area (Å²) in [7, 11) is 0. The Morgan fingerprint density at radius 2 is 2.00 bits per heavy atom. The number of hydrogen-bond donors (Lipinski definition) is 3. The van der Waals surface area contributed by atoms with Crippen LogP contribution in [0.25, 0.3) is 0 Å². The first-order valence-electron chi connectivity index (χ1n) is 7.36. The summed E-state index contributed by atoms with van der Waals surface area (Å²) < 4.78 is 1.08. The fourth-order valence-corrected chi connectivity index (χ4v) is 3.18. The van der Waals surface area contributed by atoms with Crippen molar-refractivity contribution < 1.29 is 10.2 Å². The Morgan fingerprint density at radius 1 is 1.23 bits per heavy atom. The number of aliphatic hydroxyl groups excluding tert-OH is 2. The van der Waals surface area contributed by atoms with E-state index in [1.165, 1.54) is 5.56 Å². The van der Waals surface area contributed by atoms with Crippen molar-refractivity contribution in [2.24, 2.45) is 0 Å². The van der Waals surface area contributed by atoms with Gasteiger partial charge in [-0.3, -0.25) is 0 Å². The number of nitrogens with one attached hydrogen (secondary N) is 1. The molecule has 0 radical (unpaired) electrons. The van der Waals surface area contributed by atoms with E-state index >= 15 is 0 Å². The fourth-order valence-electron chi connectivity index (χ4n) is 2.31. The Bertz CT molecular complexity index is 534. The van der Waals surface area contributed by atoms with Gasteiger partial charge in [0.15, 0.2) is 5.13 Å². The van der Waals surface area contributed by atoms with Crippen LogP contribution in [0.4, 0.5) is 5.13 Å². The number of aryl methyl sites for hydroxylation is 1. The second-order valence-electron chi connectivity index (χ2n) is 5.25. The number of benzene rings is 1. The van der Waals surface area contributed by atoms with Crippen LogP contribution in [-0.4, -0.2) is 33.9 Å². The zero-order chi connectivity index (χ0) is 15.8. The van der Waals surface area contributed by atoms with Crippen molar-refractivity contribution in [3.63, 3.8) is 0 Å². The lowest BCUT2D eigenvalue weighted by molar-refractivity contribution is 0.119. The minimum atomic E-state index is -0.493. The Kier molecular flexibility index (Phi) is 7.32. The number of nitrogens with zero attached hydrogens (tertiary/aromatic N) is 1. The molecule has 0 aliphatic heterocycles. The highest BCUT2D eigenvalue weighted by molar-refractivity contribution is 9.10. The molecule has 2 unspecified atom stereocenters. The standard InChI is InChI=1S/C16H21BrN2O2S/c17-13-4-1-12(2-5-13)3-6-14(11-15(21)7-9-20)19-16-18-8-10-22-16/h1-2,4-5,8,10,14-15,20-21H,3,6-7,9,11H2,(H,18,19). The van der Waals surface area contributed by atoms with Crippen molar-refractivity contribution in [2.45, 2.75) is 37.8 Å². The quantitative estimate of drug-likeness (QED) is 0.619. The summed E-state index contributed by atoms with van der Waals surface area (Å²) >= 11 is 5.00. The zero-order valence-corrected chi connectivity index (χ0v) is 14.7. The number of aliphatic hydroxyl groups is 2. The van der Waals surface area contributed by atoms with Crippen molar-refractivity contribution in [3.8, 4) is 0 Å². The van der Waals surface area contributed by atoms with Crippen LogP contribution in [0.3, 0.4) is 0 Å². The number of aromatic nitrogens is 1. The van der Waals surface area contributed by atoms with E-state index in [9.17, 15) is 5.11 Å². The molecule has 120 valence electrons. The monoisotopic (exact) mass is 384 g/mol. The molecular formula is C16H21BrN2O2S. The number of rotatable bonds is 9. The van der Waals surface area contributed by atoms with Gasteiger partial charge in [0.2, 0.25) is 0 Å². The summed E-state index contributed by atoms with van der Waals surface area (Å²) in [6.07, 6.45) is 4.13. The predicted octanol–water partition coefficient (Wildman–Crippen LogP) is 3.45. The molecular weight excluding hydrogens is 364 g/mol. The molecule has 2 atom stereocenters. The second-order valence-corrected chi connectivity index (χ2v) is 7.06. The van der Waals surface area contributed by atoms with Crippen LogP contribution in [0.5, 0.6) is 0 Å². The third kappa shape index (κ3) is 6.04. The maximum absolute atomic E-state index is 9.96. The summed E-state index contributed by atoms with van der Waals surface area (Å²) in [4.78, 5) is 4.25. The van der Waals surface area contributed by atoms with E-state index in [0.29, 0.717) is 12.8 Å². The third-order valence-corrected chi connectivity index (χ3v) is 4.71. The second kappa shape index (κ2) is 9.25. The van der Waals surface area contributed by atoms with Crippen LogP contribution in [-0.2, 0) is 6.42 Å². The Balaban J connectivity index is 1.92. The van der Waals surface area contributed by atoms with Gasteiger partial charge >= 0.3 is 0 Å². The molecule has 2 aromatic rings. The minimum absolute atomic E-state index is 0.0118. The number of thiazole rings is 1. The molecule has 0 bridgehead atoms. The van der Waals surface area contributed by atoms with Gasteiger partial charge in [0.1, 0.15) is 0 Å². The number of hydrogen-bond acceptors (Lipinski definition) is 5. The zero-order valence-electron chi connectivity index (χ0n) is 12.3. The molecule has 2 rings (SSSR count). The topological polar surface area (TPSA) is 65.4 Å². The largest absolute Gasteiger partial charge is 0.396 e. The summed E-state index contributed by atoms with van der Waals surface area (Å²) in [5, 5.41) is 25.1. The van der Waals surface area contributed by atoms with Crippen molar-refractivity contribution in [1.82, 2.24) is 4.98 Å². The summed E-state index contributed by atoms with van der Waals surface area (Å²) in [6, 6.07) is 8.43. The van der Waals surface area contributed by atoms with Gasteiger partial charge in [-0.2, -0.15) is 0 Å². The summed E-state index contributed by atoms with van der Waals surface area (Å²) in [5.41, 5.74) is 1.27. The molecule has 0 aliphatic carbocycles. The molecule has 0 aliphatic rings. The molecule has 3 N–H and O–H groups in total. The normalized spacial score (nSPS) is 13.8. The highest BCUT2D eigenvalue weighted by Crippen LogP contribution is 2.19. The highest BCUT2D eigenvalue weighted by Gasteiger charge is 2.15. The molecule has 0 amide bonds. The van der Waals surface area contributed by atoms with E-state index in [1.807, 2.05) is 17.5 Å². The first-order valence-corrected chi connectivity index (χ1v) is 9.04. The fraction of sp³-hybridized carbons (Fsp3) is 0.438. The highest BCUT2D eigenvalue weighted by atomic mass is 79.9. The van der Waals surface area contributed by atoms with Crippen LogP contribution in [0.2, 0.25) is 0 Å². The average Bonchev–Trinajstić information content (AvgIpc) is 2.99. The lowest BCUT2D eigenvalue weighted by Crippen LogP contribution is -2.26. The predicted molar refractivity (Wildman–Crippen MR) is 94.3 cm³/mol. The lowest BCUT2D eigenvalue weighted by atomic mass is 9.99. The van der Waals surface area contributed by atoms with E-state index in [4.69, 9.17) is 5.11 Å². The molecule has 0 fully saturated rings. The van der Waals surface area contributed by atoms with Crippen LogP contribution < -0.4 is 5.32 Å². The molecule has 4 nitrogen and oxygen atoms in total. The Morgan fingerprint density at radius 3 is 2.64 bits per heavy atom. The maximum atomic E-state index is 9.96. The average molecular weight is 385 g/mol. The third-order valence-electron chi connectivity index (χ3n) is 3.47.